The Morgan fingerprint density at radius 1 is 0.861 bits per heavy atom. The molecule has 5 rings (SSSR count). The van der Waals surface area contributed by atoms with Gasteiger partial charge in [0, 0.05) is 12.3 Å². The minimum Gasteiger partial charge on any atom is -0.465 e. The van der Waals surface area contributed by atoms with E-state index in [1.807, 2.05) is 0 Å². The van der Waals surface area contributed by atoms with Crippen LogP contribution in [-0.4, -0.2) is 29.3 Å². The molecule has 5 fully saturated rings. The van der Waals surface area contributed by atoms with Crippen LogP contribution in [0.15, 0.2) is 12.2 Å². The summed E-state index contributed by atoms with van der Waals surface area (Å²) in [5, 5.41) is 10.9. The predicted molar refractivity (Wildman–Crippen MR) is 145 cm³/mol. The lowest BCUT2D eigenvalue weighted by molar-refractivity contribution is -0.249. The molecule has 0 amide bonds. The molecule has 0 unspecified atom stereocenters. The van der Waals surface area contributed by atoms with E-state index in [2.05, 4.69) is 48.1 Å². The molecule has 36 heavy (non-hydrogen) atoms. The molecule has 0 saturated heterocycles. The highest BCUT2D eigenvalue weighted by atomic mass is 16.5. The monoisotopic (exact) mass is 502 g/mol. The predicted octanol–water partition coefficient (Wildman–Crippen LogP) is 6.74. The minimum absolute atomic E-state index is 0. The number of allylic oxidation sites excluding steroid dienone is 1. The van der Waals surface area contributed by atoms with E-state index in [9.17, 15) is 9.90 Å². The number of esters is 1. The molecule has 0 bridgehead atoms. The Balaban J connectivity index is 0.00000304. The van der Waals surface area contributed by atoms with Crippen molar-refractivity contribution in [3.05, 3.63) is 12.2 Å². The molecule has 4 nitrogen and oxygen atoms in total. The van der Waals surface area contributed by atoms with Crippen LogP contribution in [0.3, 0.4) is 0 Å². The largest absolute Gasteiger partial charge is 0.465 e. The van der Waals surface area contributed by atoms with Gasteiger partial charge in [-0.05, 0) is 122 Å². The number of hydrogen-bond acceptors (Lipinski definition) is 3. The van der Waals surface area contributed by atoms with Gasteiger partial charge in [0.25, 0.3) is 0 Å². The molecule has 0 aromatic rings. The van der Waals surface area contributed by atoms with Gasteiger partial charge < -0.3 is 15.3 Å². The standard InChI is InChI=1S/C32H52O3.H2O/c1-20(2)22-11-16-32(19-35-21(3)33)18-17-30(7)23(27(22)32)9-10-25-29(6)14-13-26(34)28(4,5)24(29)12-15-31(25,30)8;/h22-27,34H,1,9-19H2,2-8H3;1H2/t22-,23+,24-,25+,26-,27+,29-,30+,31+,32+;/m0./s1. The van der Waals surface area contributed by atoms with E-state index in [4.69, 9.17) is 4.74 Å². The number of rotatable bonds is 3. The first kappa shape index (κ1) is 28.1. The molecule has 0 aromatic heterocycles. The normalized spacial score (nSPS) is 51.0. The van der Waals surface area contributed by atoms with Crippen molar-refractivity contribution in [1.29, 1.82) is 0 Å². The Kier molecular flexibility index (Phi) is 6.90. The maximum Gasteiger partial charge on any atom is 0.302 e. The van der Waals surface area contributed by atoms with Gasteiger partial charge in [-0.3, -0.25) is 4.79 Å². The van der Waals surface area contributed by atoms with E-state index in [1.165, 1.54) is 63.4 Å². The Hall–Kier alpha value is -0.870. The fourth-order valence-electron chi connectivity index (χ4n) is 11.8. The molecule has 206 valence electrons. The zero-order valence-corrected chi connectivity index (χ0v) is 24.2. The third-order valence-corrected chi connectivity index (χ3v) is 13.8. The van der Waals surface area contributed by atoms with Crippen molar-refractivity contribution in [2.24, 2.45) is 56.7 Å². The number of aliphatic hydroxyl groups excluding tert-OH is 1. The van der Waals surface area contributed by atoms with Crippen LogP contribution in [0.5, 0.6) is 0 Å². The topological polar surface area (TPSA) is 78.0 Å². The first-order chi connectivity index (χ1) is 16.2. The third kappa shape index (κ3) is 3.55. The van der Waals surface area contributed by atoms with E-state index in [0.717, 1.165) is 12.3 Å². The SMILES string of the molecule is C=C(C)[C@@H]1CC[C@]2(COC(C)=O)CC[C@]3(C)[C@H](CC[C@@H]4[C@@]5(C)CC[C@H](O)C(C)(C)[C@@H]5CC[C@]43C)[C@@H]12.O. The molecule has 0 radical (unpaired) electrons. The van der Waals surface area contributed by atoms with Crippen molar-refractivity contribution in [2.45, 2.75) is 119 Å². The van der Waals surface area contributed by atoms with Crippen molar-refractivity contribution < 1.29 is 20.1 Å². The highest BCUT2D eigenvalue weighted by Gasteiger charge is 2.70. The molecule has 5 aliphatic carbocycles. The zero-order chi connectivity index (χ0) is 25.6. The van der Waals surface area contributed by atoms with Gasteiger partial charge >= 0.3 is 5.97 Å². The summed E-state index contributed by atoms with van der Waals surface area (Å²) in [6.45, 7) is 21.5. The quantitative estimate of drug-likeness (QED) is 0.343. The van der Waals surface area contributed by atoms with Crippen molar-refractivity contribution in [2.75, 3.05) is 6.61 Å². The molecule has 5 saturated carbocycles. The van der Waals surface area contributed by atoms with Crippen LogP contribution in [0.4, 0.5) is 0 Å². The van der Waals surface area contributed by atoms with E-state index < -0.39 is 0 Å². The summed E-state index contributed by atoms with van der Waals surface area (Å²) in [6, 6.07) is 0. The van der Waals surface area contributed by atoms with Gasteiger partial charge in [-0.2, -0.15) is 0 Å². The first-order valence-electron chi connectivity index (χ1n) is 14.7. The third-order valence-electron chi connectivity index (χ3n) is 13.8. The van der Waals surface area contributed by atoms with Gasteiger partial charge in [-0.15, -0.1) is 0 Å². The molecule has 0 aliphatic heterocycles. The molecule has 0 heterocycles. The van der Waals surface area contributed by atoms with Gasteiger partial charge in [0.05, 0.1) is 12.7 Å². The summed E-state index contributed by atoms with van der Waals surface area (Å²) < 4.78 is 5.79. The van der Waals surface area contributed by atoms with Crippen LogP contribution >= 0.6 is 0 Å². The number of carbonyl (C=O) groups excluding carboxylic acids is 1. The highest BCUT2D eigenvalue weighted by molar-refractivity contribution is 5.65. The second-order valence-electron chi connectivity index (χ2n) is 15.2. The summed E-state index contributed by atoms with van der Waals surface area (Å²) in [5.74, 6) is 3.04. The highest BCUT2D eigenvalue weighted by Crippen LogP contribution is 2.77. The molecule has 10 atom stereocenters. The summed E-state index contributed by atoms with van der Waals surface area (Å²) in [7, 11) is 0. The average Bonchev–Trinajstić information content (AvgIpc) is 3.16. The number of ether oxygens (including phenoxy) is 1. The number of carbonyl (C=O) groups is 1. The van der Waals surface area contributed by atoms with Crippen LogP contribution in [0.1, 0.15) is 113 Å². The van der Waals surface area contributed by atoms with Crippen LogP contribution < -0.4 is 0 Å². The molecule has 0 spiro atoms. The van der Waals surface area contributed by atoms with Crippen molar-refractivity contribution >= 4 is 5.97 Å². The van der Waals surface area contributed by atoms with Crippen molar-refractivity contribution in [1.82, 2.24) is 0 Å². The summed E-state index contributed by atoms with van der Waals surface area (Å²) in [4.78, 5) is 11.9. The Labute approximate surface area is 220 Å². The number of fused-ring (bicyclic) bond motifs is 7. The Bertz CT molecular complexity index is 895. The smallest absolute Gasteiger partial charge is 0.302 e. The molecule has 3 N–H and O–H groups in total. The van der Waals surface area contributed by atoms with Crippen LogP contribution in [0, 0.1) is 56.7 Å². The van der Waals surface area contributed by atoms with E-state index in [-0.39, 0.29) is 28.4 Å². The summed E-state index contributed by atoms with van der Waals surface area (Å²) in [5.41, 5.74) is 2.45. The van der Waals surface area contributed by atoms with Crippen LogP contribution in [0.2, 0.25) is 0 Å². The van der Waals surface area contributed by atoms with Gasteiger partial charge in [0.1, 0.15) is 0 Å². The summed E-state index contributed by atoms with van der Waals surface area (Å²) >= 11 is 0. The van der Waals surface area contributed by atoms with Crippen LogP contribution in [0.25, 0.3) is 0 Å². The number of aliphatic hydroxyl groups is 1. The maximum absolute atomic E-state index is 11.9. The van der Waals surface area contributed by atoms with Crippen molar-refractivity contribution in [3.63, 3.8) is 0 Å². The maximum atomic E-state index is 11.9. The first-order valence-corrected chi connectivity index (χ1v) is 14.7. The molecule has 4 heteroatoms. The second-order valence-corrected chi connectivity index (χ2v) is 15.2. The minimum atomic E-state index is -0.164. The lowest BCUT2D eigenvalue weighted by atomic mass is 9.32. The fraction of sp³-hybridized carbons (Fsp3) is 0.906. The van der Waals surface area contributed by atoms with E-state index in [1.54, 1.807) is 6.92 Å². The number of hydrogen-bond donors (Lipinski definition) is 1. The summed E-state index contributed by atoms with van der Waals surface area (Å²) in [6.07, 6.45) is 12.0. The lowest BCUT2D eigenvalue weighted by Crippen LogP contribution is -2.66. The molecule has 5 aliphatic rings. The zero-order valence-electron chi connectivity index (χ0n) is 24.2. The second kappa shape index (κ2) is 8.83. The molecular weight excluding hydrogens is 448 g/mol. The van der Waals surface area contributed by atoms with Gasteiger partial charge in [0.15, 0.2) is 0 Å². The van der Waals surface area contributed by atoms with Gasteiger partial charge in [-0.1, -0.05) is 46.8 Å². The van der Waals surface area contributed by atoms with E-state index in [0.29, 0.717) is 46.5 Å². The Morgan fingerprint density at radius 2 is 1.56 bits per heavy atom. The van der Waals surface area contributed by atoms with Gasteiger partial charge in [-0.25, -0.2) is 0 Å². The lowest BCUT2D eigenvalue weighted by Gasteiger charge is -2.73. The molecular formula is C32H54O4. The average molecular weight is 503 g/mol. The Morgan fingerprint density at radius 3 is 2.19 bits per heavy atom. The fourth-order valence-corrected chi connectivity index (χ4v) is 11.8. The van der Waals surface area contributed by atoms with Crippen LogP contribution in [-0.2, 0) is 9.53 Å². The van der Waals surface area contributed by atoms with E-state index >= 15 is 0 Å². The van der Waals surface area contributed by atoms with Gasteiger partial charge in [0.2, 0.25) is 0 Å². The van der Waals surface area contributed by atoms with Crippen molar-refractivity contribution in [3.8, 4) is 0 Å². The molecule has 0 aromatic carbocycles.